The van der Waals surface area contributed by atoms with Crippen LogP contribution >= 0.6 is 0 Å². The molecular weight excluding hydrogens is 254 g/mol. The molecule has 1 aliphatic rings. The fraction of sp³-hybridized carbons (Fsp3) is 0.286. The normalized spacial score (nSPS) is 14.4. The van der Waals surface area contributed by atoms with Crippen molar-refractivity contribution >= 4 is 17.4 Å². The minimum Gasteiger partial charge on any atom is -0.381 e. The van der Waals surface area contributed by atoms with Crippen LogP contribution in [0, 0.1) is 6.92 Å². The zero-order valence-electron chi connectivity index (χ0n) is 11.3. The quantitative estimate of drug-likeness (QED) is 0.794. The fourth-order valence-electron chi connectivity index (χ4n) is 2.25. The van der Waals surface area contributed by atoms with Gasteiger partial charge in [-0.2, -0.15) is 5.10 Å². The van der Waals surface area contributed by atoms with Gasteiger partial charge in [0.1, 0.15) is 0 Å². The Labute approximate surface area is 117 Å². The molecule has 0 unspecified atom stereocenters. The minimum absolute atomic E-state index is 0.0344. The number of benzene rings is 1. The van der Waals surface area contributed by atoms with Gasteiger partial charge in [0.2, 0.25) is 0 Å². The van der Waals surface area contributed by atoms with Gasteiger partial charge in [-0.05, 0) is 25.1 Å². The van der Waals surface area contributed by atoms with E-state index in [1.54, 1.807) is 4.90 Å². The van der Waals surface area contributed by atoms with Crippen molar-refractivity contribution in [1.82, 2.24) is 15.5 Å². The summed E-state index contributed by atoms with van der Waals surface area (Å²) < 4.78 is 0. The zero-order valence-corrected chi connectivity index (χ0v) is 11.3. The molecule has 0 spiro atoms. The lowest BCUT2D eigenvalue weighted by molar-refractivity contribution is 0.252. The molecule has 1 saturated heterocycles. The van der Waals surface area contributed by atoms with Crippen LogP contribution < -0.4 is 15.5 Å². The summed E-state index contributed by atoms with van der Waals surface area (Å²) in [5, 5.41) is 13.1. The van der Waals surface area contributed by atoms with Crippen molar-refractivity contribution in [2.45, 2.75) is 13.5 Å². The average Bonchev–Trinajstić information content (AvgIpc) is 3.05. The molecule has 6 heteroatoms. The Morgan fingerprint density at radius 2 is 2.35 bits per heavy atom. The predicted octanol–water partition coefficient (Wildman–Crippen LogP) is 1.86. The average molecular weight is 271 g/mol. The Kier molecular flexibility index (Phi) is 3.28. The molecule has 104 valence electrons. The van der Waals surface area contributed by atoms with Gasteiger partial charge in [0.05, 0.1) is 6.20 Å². The first-order valence-electron chi connectivity index (χ1n) is 6.62. The summed E-state index contributed by atoms with van der Waals surface area (Å²) in [6.07, 6.45) is 1.82. The number of carbonyl (C=O) groups is 1. The smallest absolute Gasteiger partial charge is 0.321 e. The van der Waals surface area contributed by atoms with Crippen LogP contribution in [0.3, 0.4) is 0 Å². The van der Waals surface area contributed by atoms with Crippen LogP contribution in [-0.2, 0) is 6.54 Å². The number of nitrogens with one attached hydrogen (secondary N) is 3. The van der Waals surface area contributed by atoms with Crippen LogP contribution in [0.4, 0.5) is 16.2 Å². The third-order valence-corrected chi connectivity index (χ3v) is 3.43. The van der Waals surface area contributed by atoms with Gasteiger partial charge in [-0.15, -0.1) is 0 Å². The molecule has 6 nitrogen and oxygen atoms in total. The van der Waals surface area contributed by atoms with Gasteiger partial charge in [-0.25, -0.2) is 4.79 Å². The molecule has 1 aliphatic heterocycles. The number of anilines is 2. The van der Waals surface area contributed by atoms with Crippen molar-refractivity contribution < 1.29 is 4.79 Å². The molecule has 0 radical (unpaired) electrons. The van der Waals surface area contributed by atoms with Crippen molar-refractivity contribution in [2.24, 2.45) is 0 Å². The fourth-order valence-corrected chi connectivity index (χ4v) is 2.25. The van der Waals surface area contributed by atoms with Gasteiger partial charge in [0, 0.05) is 42.3 Å². The maximum Gasteiger partial charge on any atom is 0.321 e. The molecule has 1 fully saturated rings. The molecule has 1 aromatic carbocycles. The molecule has 3 N–H and O–H groups in total. The Bertz CT molecular complexity index is 622. The van der Waals surface area contributed by atoms with Crippen molar-refractivity contribution in [3.8, 4) is 0 Å². The molecule has 20 heavy (non-hydrogen) atoms. The van der Waals surface area contributed by atoms with E-state index in [-0.39, 0.29) is 6.03 Å². The van der Waals surface area contributed by atoms with Gasteiger partial charge < -0.3 is 10.6 Å². The number of amides is 2. The lowest BCUT2D eigenvalue weighted by Gasteiger charge is -2.15. The number of aromatic nitrogens is 2. The summed E-state index contributed by atoms with van der Waals surface area (Å²) in [4.78, 5) is 13.4. The van der Waals surface area contributed by atoms with E-state index in [0.717, 1.165) is 22.6 Å². The van der Waals surface area contributed by atoms with Gasteiger partial charge >= 0.3 is 6.03 Å². The van der Waals surface area contributed by atoms with Crippen LogP contribution in [0.2, 0.25) is 0 Å². The first-order chi connectivity index (χ1) is 9.74. The third-order valence-electron chi connectivity index (χ3n) is 3.43. The largest absolute Gasteiger partial charge is 0.381 e. The number of hydrogen-bond donors (Lipinski definition) is 3. The molecule has 2 heterocycles. The van der Waals surface area contributed by atoms with Crippen molar-refractivity contribution in [2.75, 3.05) is 23.3 Å². The summed E-state index contributed by atoms with van der Waals surface area (Å²) >= 11 is 0. The highest BCUT2D eigenvalue weighted by Gasteiger charge is 2.20. The lowest BCUT2D eigenvalue weighted by atomic mass is 10.2. The molecule has 0 aliphatic carbocycles. The standard InChI is InChI=1S/C14H17N5O/c1-10-11(9-17-18-10)8-16-12-3-2-4-13(7-12)19-6-5-15-14(19)20/h2-4,7,9,16H,5-6,8H2,1H3,(H,15,20)(H,17,18). The van der Waals surface area contributed by atoms with E-state index in [2.05, 4.69) is 20.8 Å². The van der Waals surface area contributed by atoms with Crippen LogP contribution in [0.15, 0.2) is 30.5 Å². The van der Waals surface area contributed by atoms with E-state index in [9.17, 15) is 4.79 Å². The number of urea groups is 1. The summed E-state index contributed by atoms with van der Waals surface area (Å²) in [5.74, 6) is 0. The van der Waals surface area contributed by atoms with Gasteiger partial charge in [-0.1, -0.05) is 6.07 Å². The van der Waals surface area contributed by atoms with E-state index in [0.29, 0.717) is 19.6 Å². The first-order valence-corrected chi connectivity index (χ1v) is 6.62. The number of hydrogen-bond acceptors (Lipinski definition) is 3. The second-order valence-electron chi connectivity index (χ2n) is 4.81. The summed E-state index contributed by atoms with van der Waals surface area (Å²) in [6.45, 7) is 4.11. The molecule has 0 saturated carbocycles. The summed E-state index contributed by atoms with van der Waals surface area (Å²) in [5.41, 5.74) is 4.10. The van der Waals surface area contributed by atoms with E-state index < -0.39 is 0 Å². The van der Waals surface area contributed by atoms with Crippen LogP contribution in [0.1, 0.15) is 11.3 Å². The Hall–Kier alpha value is -2.50. The highest BCUT2D eigenvalue weighted by Crippen LogP contribution is 2.21. The summed E-state index contributed by atoms with van der Waals surface area (Å²) in [6, 6.07) is 7.84. The van der Waals surface area contributed by atoms with E-state index in [1.165, 1.54) is 0 Å². The first kappa shape index (κ1) is 12.5. The second kappa shape index (κ2) is 5.24. The monoisotopic (exact) mass is 271 g/mol. The Balaban J connectivity index is 1.71. The molecular formula is C14H17N5O. The highest BCUT2D eigenvalue weighted by molar-refractivity contribution is 5.94. The van der Waals surface area contributed by atoms with Gasteiger partial charge in [0.15, 0.2) is 0 Å². The second-order valence-corrected chi connectivity index (χ2v) is 4.81. The maximum atomic E-state index is 11.7. The van der Waals surface area contributed by atoms with Crippen LogP contribution in [0.5, 0.6) is 0 Å². The van der Waals surface area contributed by atoms with E-state index in [1.807, 2.05) is 37.4 Å². The highest BCUT2D eigenvalue weighted by atomic mass is 16.2. The number of H-pyrrole nitrogens is 1. The number of carbonyl (C=O) groups excluding carboxylic acids is 1. The third kappa shape index (κ3) is 2.45. The lowest BCUT2D eigenvalue weighted by Crippen LogP contribution is -2.27. The minimum atomic E-state index is -0.0344. The van der Waals surface area contributed by atoms with Crippen molar-refractivity contribution in [3.63, 3.8) is 0 Å². The van der Waals surface area contributed by atoms with Crippen molar-refractivity contribution in [1.29, 1.82) is 0 Å². The topological polar surface area (TPSA) is 73.1 Å². The maximum absolute atomic E-state index is 11.7. The number of rotatable bonds is 4. The number of nitrogens with zero attached hydrogens (tertiary/aromatic N) is 2. The predicted molar refractivity (Wildman–Crippen MR) is 77.8 cm³/mol. The molecule has 0 bridgehead atoms. The van der Waals surface area contributed by atoms with E-state index in [4.69, 9.17) is 0 Å². The van der Waals surface area contributed by atoms with Crippen LogP contribution in [0.25, 0.3) is 0 Å². The zero-order chi connectivity index (χ0) is 13.9. The SMILES string of the molecule is Cc1[nH]ncc1CNc1cccc(N2CCNC2=O)c1. The molecule has 3 rings (SSSR count). The van der Waals surface area contributed by atoms with Gasteiger partial charge in [-0.3, -0.25) is 10.00 Å². The van der Waals surface area contributed by atoms with E-state index >= 15 is 0 Å². The number of aromatic amines is 1. The van der Waals surface area contributed by atoms with Crippen LogP contribution in [-0.4, -0.2) is 29.3 Å². The molecule has 2 amide bonds. The van der Waals surface area contributed by atoms with Crippen molar-refractivity contribution in [3.05, 3.63) is 41.7 Å². The van der Waals surface area contributed by atoms with Gasteiger partial charge in [0.25, 0.3) is 0 Å². The summed E-state index contributed by atoms with van der Waals surface area (Å²) in [7, 11) is 0. The molecule has 1 aromatic heterocycles. The number of aryl methyl sites for hydroxylation is 1. The molecule has 2 aromatic rings. The molecule has 0 atom stereocenters. The Morgan fingerprint density at radius 1 is 1.45 bits per heavy atom. The Morgan fingerprint density at radius 3 is 3.05 bits per heavy atom.